The summed E-state index contributed by atoms with van der Waals surface area (Å²) < 4.78 is 0. The van der Waals surface area contributed by atoms with E-state index >= 15 is 0 Å². The molecule has 1 saturated carbocycles. The summed E-state index contributed by atoms with van der Waals surface area (Å²) in [5.41, 5.74) is 3.29. The van der Waals surface area contributed by atoms with Gasteiger partial charge in [-0.15, -0.1) is 0 Å². The summed E-state index contributed by atoms with van der Waals surface area (Å²) in [6.07, 6.45) is 5.04. The second-order valence-electron chi connectivity index (χ2n) is 9.71. The molecule has 0 spiro atoms. The molecule has 4 rings (SSSR count). The number of nitrogens with one attached hydrogen (secondary N) is 2. The van der Waals surface area contributed by atoms with E-state index in [0.717, 1.165) is 48.8 Å². The van der Waals surface area contributed by atoms with Crippen molar-refractivity contribution in [1.29, 1.82) is 0 Å². The Labute approximate surface area is 200 Å². The third-order valence-electron chi connectivity index (χ3n) is 7.04. The van der Waals surface area contributed by atoms with Gasteiger partial charge in [-0.05, 0) is 55.0 Å². The van der Waals surface area contributed by atoms with Crippen molar-refractivity contribution in [1.82, 2.24) is 10.2 Å². The molecule has 2 aromatic carbocycles. The number of rotatable bonds is 6. The number of carboxylic acid groups (broad SMARTS) is 1. The molecule has 1 aliphatic heterocycles. The molecule has 2 aromatic rings. The molecule has 1 atom stereocenters. The van der Waals surface area contributed by atoms with Crippen LogP contribution in [0.1, 0.15) is 61.6 Å². The SMILES string of the molecule is Cc1cccc(NC(=O)NC2(CC(=O)N3Cc4ccccc4C[C@@H]3CC(=O)O)CCCCC2)c1. The maximum atomic E-state index is 13.6. The molecule has 0 bridgehead atoms. The highest BCUT2D eigenvalue weighted by molar-refractivity contribution is 5.90. The number of aliphatic carboxylic acids is 1. The summed E-state index contributed by atoms with van der Waals surface area (Å²) in [5.74, 6) is -1.01. The van der Waals surface area contributed by atoms with E-state index in [1.807, 2.05) is 55.5 Å². The van der Waals surface area contributed by atoms with Gasteiger partial charge in [0.05, 0.1) is 12.0 Å². The first-order valence-electron chi connectivity index (χ1n) is 12.1. The highest BCUT2D eigenvalue weighted by atomic mass is 16.4. The number of fused-ring (bicyclic) bond motifs is 1. The zero-order valence-corrected chi connectivity index (χ0v) is 19.7. The van der Waals surface area contributed by atoms with E-state index in [2.05, 4.69) is 10.6 Å². The average Bonchev–Trinajstić information content (AvgIpc) is 2.78. The van der Waals surface area contributed by atoms with Crippen LogP contribution >= 0.6 is 0 Å². The van der Waals surface area contributed by atoms with E-state index < -0.39 is 11.5 Å². The predicted octanol–water partition coefficient (Wildman–Crippen LogP) is 4.64. The number of anilines is 1. The highest BCUT2D eigenvalue weighted by Gasteiger charge is 2.39. The van der Waals surface area contributed by atoms with Crippen LogP contribution in [0.25, 0.3) is 0 Å². The Hall–Kier alpha value is -3.35. The van der Waals surface area contributed by atoms with Gasteiger partial charge >= 0.3 is 12.0 Å². The van der Waals surface area contributed by atoms with Crippen molar-refractivity contribution >= 4 is 23.6 Å². The monoisotopic (exact) mass is 463 g/mol. The Morgan fingerprint density at radius 2 is 1.76 bits per heavy atom. The molecule has 180 valence electrons. The van der Waals surface area contributed by atoms with Gasteiger partial charge in [-0.1, -0.05) is 55.7 Å². The molecule has 0 unspecified atom stereocenters. The summed E-state index contributed by atoms with van der Waals surface area (Å²) in [7, 11) is 0. The first-order chi connectivity index (χ1) is 16.3. The molecule has 2 aliphatic rings. The van der Waals surface area contributed by atoms with E-state index in [9.17, 15) is 19.5 Å². The summed E-state index contributed by atoms with van der Waals surface area (Å²) in [6, 6.07) is 14.8. The quantitative estimate of drug-likeness (QED) is 0.581. The average molecular weight is 464 g/mol. The minimum absolute atomic E-state index is 0.0889. The van der Waals surface area contributed by atoms with Gasteiger partial charge in [-0.3, -0.25) is 9.59 Å². The van der Waals surface area contributed by atoms with Crippen molar-refractivity contribution < 1.29 is 19.5 Å². The van der Waals surface area contributed by atoms with Crippen molar-refractivity contribution in [3.05, 3.63) is 65.2 Å². The molecule has 0 saturated heterocycles. The zero-order chi connectivity index (χ0) is 24.1. The lowest BCUT2D eigenvalue weighted by atomic mass is 9.78. The Morgan fingerprint density at radius 1 is 1.03 bits per heavy atom. The van der Waals surface area contributed by atoms with Crippen molar-refractivity contribution in [2.45, 2.75) is 76.4 Å². The number of carboxylic acids is 1. The number of amides is 3. The molecule has 1 fully saturated rings. The summed E-state index contributed by atoms with van der Waals surface area (Å²) >= 11 is 0. The van der Waals surface area contributed by atoms with Gasteiger partial charge < -0.3 is 20.6 Å². The summed E-state index contributed by atoms with van der Waals surface area (Å²) in [5, 5.41) is 15.5. The first kappa shape index (κ1) is 23.8. The number of urea groups is 1. The molecule has 0 radical (unpaired) electrons. The van der Waals surface area contributed by atoms with Crippen molar-refractivity contribution in [2.75, 3.05) is 5.32 Å². The second kappa shape index (κ2) is 10.3. The van der Waals surface area contributed by atoms with Crippen LogP contribution in [-0.2, 0) is 22.6 Å². The Bertz CT molecular complexity index is 1060. The molecule has 1 heterocycles. The Kier molecular flexibility index (Phi) is 7.20. The number of hydrogen-bond acceptors (Lipinski definition) is 3. The minimum atomic E-state index is -0.912. The molecule has 0 aromatic heterocycles. The van der Waals surface area contributed by atoms with E-state index in [1.54, 1.807) is 4.90 Å². The standard InChI is InChI=1S/C27H33N3O4/c1-19-8-7-11-22(14-19)28-26(34)29-27(12-5-2-6-13-27)17-24(31)30-18-21-10-4-3-9-20(21)15-23(30)16-25(32)33/h3-4,7-11,14,23H,2,5-6,12-13,15-18H2,1H3,(H,32,33)(H2,28,29,34)/t23-/m1/s1. The molecule has 3 amide bonds. The fraction of sp³-hybridized carbons (Fsp3) is 0.444. The molecule has 3 N–H and O–H groups in total. The smallest absolute Gasteiger partial charge is 0.319 e. The van der Waals surface area contributed by atoms with Crippen molar-refractivity contribution in [3.8, 4) is 0 Å². The lowest BCUT2D eigenvalue weighted by molar-refractivity contribution is -0.142. The molecule has 7 heteroatoms. The lowest BCUT2D eigenvalue weighted by Gasteiger charge is -2.42. The predicted molar refractivity (Wildman–Crippen MR) is 131 cm³/mol. The van der Waals surface area contributed by atoms with Crippen LogP contribution in [0.15, 0.2) is 48.5 Å². The molecule has 7 nitrogen and oxygen atoms in total. The minimum Gasteiger partial charge on any atom is -0.481 e. The van der Waals surface area contributed by atoms with E-state index in [1.165, 1.54) is 0 Å². The van der Waals surface area contributed by atoms with E-state index in [-0.39, 0.29) is 30.8 Å². The molecular weight excluding hydrogens is 430 g/mol. The molecule has 1 aliphatic carbocycles. The maximum Gasteiger partial charge on any atom is 0.319 e. The Balaban J connectivity index is 1.51. The molecular formula is C27H33N3O4. The van der Waals surface area contributed by atoms with E-state index in [0.29, 0.717) is 18.7 Å². The van der Waals surface area contributed by atoms with Crippen LogP contribution in [-0.4, -0.2) is 39.5 Å². The van der Waals surface area contributed by atoms with Crippen LogP contribution < -0.4 is 10.6 Å². The normalized spacial score (nSPS) is 19.1. The Morgan fingerprint density at radius 3 is 2.47 bits per heavy atom. The molecule has 34 heavy (non-hydrogen) atoms. The topological polar surface area (TPSA) is 98.7 Å². The third kappa shape index (κ3) is 5.76. The lowest BCUT2D eigenvalue weighted by Crippen LogP contribution is -2.55. The zero-order valence-electron chi connectivity index (χ0n) is 19.7. The first-order valence-corrected chi connectivity index (χ1v) is 12.1. The van der Waals surface area contributed by atoms with Gasteiger partial charge in [0.1, 0.15) is 0 Å². The largest absolute Gasteiger partial charge is 0.481 e. The third-order valence-corrected chi connectivity index (χ3v) is 7.04. The second-order valence-corrected chi connectivity index (χ2v) is 9.71. The van der Waals surface area contributed by atoms with Gasteiger partial charge in [0, 0.05) is 24.7 Å². The number of benzene rings is 2. The van der Waals surface area contributed by atoms with E-state index in [4.69, 9.17) is 0 Å². The number of carbonyl (C=O) groups is 3. The van der Waals surface area contributed by atoms with Gasteiger partial charge in [0.25, 0.3) is 0 Å². The van der Waals surface area contributed by atoms with Crippen LogP contribution in [0.4, 0.5) is 10.5 Å². The van der Waals surface area contributed by atoms with Crippen molar-refractivity contribution in [2.24, 2.45) is 0 Å². The van der Waals surface area contributed by atoms with Crippen LogP contribution in [0.2, 0.25) is 0 Å². The van der Waals surface area contributed by atoms with Crippen LogP contribution in [0.5, 0.6) is 0 Å². The van der Waals surface area contributed by atoms with Gasteiger partial charge in [0.2, 0.25) is 5.91 Å². The van der Waals surface area contributed by atoms with Crippen molar-refractivity contribution in [3.63, 3.8) is 0 Å². The van der Waals surface area contributed by atoms with Gasteiger partial charge in [0.15, 0.2) is 0 Å². The van der Waals surface area contributed by atoms with Crippen LogP contribution in [0, 0.1) is 6.92 Å². The van der Waals surface area contributed by atoms with Gasteiger partial charge in [-0.25, -0.2) is 4.79 Å². The summed E-state index contributed by atoms with van der Waals surface area (Å²) in [4.78, 5) is 39.8. The summed E-state index contributed by atoms with van der Waals surface area (Å²) in [6.45, 7) is 2.37. The fourth-order valence-corrected chi connectivity index (χ4v) is 5.35. The fourth-order valence-electron chi connectivity index (χ4n) is 5.35. The number of aryl methyl sites for hydroxylation is 1. The van der Waals surface area contributed by atoms with Gasteiger partial charge in [-0.2, -0.15) is 0 Å². The number of carbonyl (C=O) groups excluding carboxylic acids is 2. The number of hydrogen-bond donors (Lipinski definition) is 3. The maximum absolute atomic E-state index is 13.6. The van der Waals surface area contributed by atoms with Crippen LogP contribution in [0.3, 0.4) is 0 Å². The number of nitrogens with zero attached hydrogens (tertiary/aromatic N) is 1. The highest BCUT2D eigenvalue weighted by Crippen LogP contribution is 2.34.